The molecule has 0 saturated carbocycles. The number of hydrogen-bond acceptors (Lipinski definition) is 6. The van der Waals surface area contributed by atoms with Gasteiger partial charge in [0.15, 0.2) is 6.10 Å². The number of fused-ring (bicyclic) bond motifs is 1. The Morgan fingerprint density at radius 1 is 1.32 bits per heavy atom. The number of rotatable bonds is 6. The number of aliphatic hydroxyl groups excluding tert-OH is 1. The zero-order valence-corrected chi connectivity index (χ0v) is 17.6. The molecule has 0 amide bonds. The second-order valence-electron chi connectivity index (χ2n) is 9.76. The maximum absolute atomic E-state index is 11.9. The predicted octanol–water partition coefficient (Wildman–Crippen LogP) is 2.77. The Labute approximate surface area is 152 Å². The van der Waals surface area contributed by atoms with Crippen molar-refractivity contribution in [1.82, 2.24) is 0 Å². The van der Waals surface area contributed by atoms with Crippen molar-refractivity contribution in [1.29, 1.82) is 0 Å². The minimum atomic E-state index is -1.24. The summed E-state index contributed by atoms with van der Waals surface area (Å²) in [5.41, 5.74) is -1.04. The third kappa shape index (κ3) is 4.63. The highest BCUT2D eigenvalue weighted by Crippen LogP contribution is 2.49. The van der Waals surface area contributed by atoms with Crippen LogP contribution in [-0.2, 0) is 23.7 Å². The Bertz CT molecular complexity index is 483. The lowest BCUT2D eigenvalue weighted by Crippen LogP contribution is -2.57. The topological polar surface area (TPSA) is 74.2 Å². The minimum absolute atomic E-state index is 0.123. The molecule has 6 nitrogen and oxygen atoms in total. The van der Waals surface area contributed by atoms with Gasteiger partial charge in [0.1, 0.15) is 6.79 Å². The Morgan fingerprint density at radius 2 is 1.96 bits per heavy atom. The molecule has 2 saturated heterocycles. The van der Waals surface area contributed by atoms with E-state index in [2.05, 4.69) is 40.4 Å². The molecule has 7 heteroatoms. The van der Waals surface area contributed by atoms with E-state index >= 15 is 0 Å². The highest BCUT2D eigenvalue weighted by Gasteiger charge is 2.63. The van der Waals surface area contributed by atoms with E-state index < -0.39 is 31.9 Å². The zero-order chi connectivity index (χ0) is 19.0. The van der Waals surface area contributed by atoms with Gasteiger partial charge in [0.2, 0.25) is 6.29 Å². The van der Waals surface area contributed by atoms with Crippen LogP contribution in [0.15, 0.2) is 0 Å². The number of aliphatic hydroxyl groups is 1. The molecular weight excluding hydrogens is 340 g/mol. The van der Waals surface area contributed by atoms with Crippen LogP contribution in [0.25, 0.3) is 0 Å². The lowest BCUT2D eigenvalue weighted by molar-refractivity contribution is -0.285. The Morgan fingerprint density at radius 3 is 2.52 bits per heavy atom. The van der Waals surface area contributed by atoms with Crippen LogP contribution in [0.4, 0.5) is 0 Å². The van der Waals surface area contributed by atoms with Gasteiger partial charge in [-0.05, 0) is 18.4 Å². The smallest absolute Gasteiger partial charge is 0.338 e. The summed E-state index contributed by atoms with van der Waals surface area (Å²) in [6.07, 6.45) is -1.95. The molecule has 0 aliphatic carbocycles. The van der Waals surface area contributed by atoms with Gasteiger partial charge in [-0.15, -0.1) is 0 Å². The van der Waals surface area contributed by atoms with Crippen molar-refractivity contribution in [3.05, 3.63) is 0 Å². The Hall–Kier alpha value is -0.473. The molecule has 0 radical (unpaired) electrons. The number of carbonyl (C=O) groups excluding carboxylic acids is 1. The molecule has 0 aromatic heterocycles. The van der Waals surface area contributed by atoms with Crippen LogP contribution in [0.2, 0.25) is 25.7 Å². The van der Waals surface area contributed by atoms with E-state index in [-0.39, 0.29) is 24.4 Å². The van der Waals surface area contributed by atoms with E-state index in [1.54, 1.807) is 6.92 Å². The summed E-state index contributed by atoms with van der Waals surface area (Å²) in [5, 5.41) is 10.4. The molecule has 0 bridgehead atoms. The molecule has 2 aliphatic heterocycles. The first-order valence-corrected chi connectivity index (χ1v) is 12.8. The average molecular weight is 375 g/mol. The quantitative estimate of drug-likeness (QED) is 0.333. The van der Waals surface area contributed by atoms with E-state index in [9.17, 15) is 9.90 Å². The molecule has 2 aliphatic rings. The van der Waals surface area contributed by atoms with E-state index in [0.717, 1.165) is 6.04 Å². The summed E-state index contributed by atoms with van der Waals surface area (Å²) in [7, 11) is -1.14. The monoisotopic (exact) mass is 374 g/mol. The minimum Gasteiger partial charge on any atom is -0.433 e. The SMILES string of the molecule is CC(C)(C)[C@@H]1C[C@@H](OCOCC[Si](C)(C)C)[C@@]2(C)[C@H](OC(=O)[C@@H]2O)O1. The molecule has 146 valence electrons. The van der Waals surface area contributed by atoms with Crippen LogP contribution in [0.5, 0.6) is 0 Å². The summed E-state index contributed by atoms with van der Waals surface area (Å²) in [6, 6.07) is 1.07. The van der Waals surface area contributed by atoms with Crippen LogP contribution >= 0.6 is 0 Å². The number of hydrogen-bond donors (Lipinski definition) is 1. The van der Waals surface area contributed by atoms with Gasteiger partial charge in [0.25, 0.3) is 0 Å². The second kappa shape index (κ2) is 7.27. The van der Waals surface area contributed by atoms with Crippen molar-refractivity contribution in [3.8, 4) is 0 Å². The first-order valence-electron chi connectivity index (χ1n) is 9.09. The second-order valence-corrected chi connectivity index (χ2v) is 15.4. The van der Waals surface area contributed by atoms with E-state index in [4.69, 9.17) is 18.9 Å². The maximum Gasteiger partial charge on any atom is 0.338 e. The lowest BCUT2D eigenvalue weighted by atomic mass is 9.72. The molecule has 25 heavy (non-hydrogen) atoms. The van der Waals surface area contributed by atoms with Crippen LogP contribution < -0.4 is 0 Å². The highest BCUT2D eigenvalue weighted by atomic mass is 28.3. The van der Waals surface area contributed by atoms with Crippen LogP contribution in [-0.4, -0.2) is 57.2 Å². The van der Waals surface area contributed by atoms with Crippen LogP contribution in [0.3, 0.4) is 0 Å². The number of ether oxygens (including phenoxy) is 4. The summed E-state index contributed by atoms with van der Waals surface area (Å²) < 4.78 is 22.9. The fourth-order valence-corrected chi connectivity index (χ4v) is 3.96. The summed E-state index contributed by atoms with van der Waals surface area (Å²) in [6.45, 7) is 15.7. The average Bonchev–Trinajstić information content (AvgIpc) is 2.68. The van der Waals surface area contributed by atoms with Crippen molar-refractivity contribution in [3.63, 3.8) is 0 Å². The van der Waals surface area contributed by atoms with Gasteiger partial charge in [0, 0.05) is 21.1 Å². The molecular formula is C18H34O6Si. The largest absolute Gasteiger partial charge is 0.433 e. The summed E-state index contributed by atoms with van der Waals surface area (Å²) >= 11 is 0. The van der Waals surface area contributed by atoms with Crippen molar-refractivity contribution < 1.29 is 28.8 Å². The van der Waals surface area contributed by atoms with Gasteiger partial charge in [-0.2, -0.15) is 0 Å². The third-order valence-corrected chi connectivity index (χ3v) is 6.97. The molecule has 0 aromatic carbocycles. The highest BCUT2D eigenvalue weighted by molar-refractivity contribution is 6.76. The number of carbonyl (C=O) groups is 1. The van der Waals surface area contributed by atoms with Gasteiger partial charge in [-0.3, -0.25) is 0 Å². The molecule has 0 unspecified atom stereocenters. The van der Waals surface area contributed by atoms with Crippen molar-refractivity contribution in [2.75, 3.05) is 13.4 Å². The van der Waals surface area contributed by atoms with Gasteiger partial charge < -0.3 is 24.1 Å². The molecule has 5 atom stereocenters. The van der Waals surface area contributed by atoms with Crippen molar-refractivity contribution in [2.24, 2.45) is 10.8 Å². The normalized spacial score (nSPS) is 36.2. The Kier molecular flexibility index (Phi) is 6.06. The molecule has 0 spiro atoms. The number of esters is 1. The molecule has 0 aromatic rings. The van der Waals surface area contributed by atoms with Crippen molar-refractivity contribution in [2.45, 2.75) is 84.4 Å². The van der Waals surface area contributed by atoms with E-state index in [1.807, 2.05) is 0 Å². The van der Waals surface area contributed by atoms with Crippen LogP contribution in [0, 0.1) is 10.8 Å². The van der Waals surface area contributed by atoms with Gasteiger partial charge in [0.05, 0.1) is 17.6 Å². The molecule has 2 heterocycles. The third-order valence-electron chi connectivity index (χ3n) is 5.27. The summed E-state index contributed by atoms with van der Waals surface area (Å²) in [4.78, 5) is 11.9. The van der Waals surface area contributed by atoms with E-state index in [1.165, 1.54) is 0 Å². The zero-order valence-electron chi connectivity index (χ0n) is 16.6. The lowest BCUT2D eigenvalue weighted by Gasteiger charge is -2.47. The first kappa shape index (κ1) is 20.8. The standard InChI is InChI=1S/C18H34O6Si/c1-17(2,3)12-10-13(22-11-21-8-9-25(5,6)7)18(4)14(19)15(20)24-16(18)23-12/h12-14,16,19H,8-11H2,1-7H3/t12-,13+,14-,16-,18+/m0/s1. The predicted molar refractivity (Wildman–Crippen MR) is 96.8 cm³/mol. The van der Waals surface area contributed by atoms with Gasteiger partial charge >= 0.3 is 5.97 Å². The van der Waals surface area contributed by atoms with Crippen molar-refractivity contribution >= 4 is 14.0 Å². The van der Waals surface area contributed by atoms with Crippen LogP contribution in [0.1, 0.15) is 34.1 Å². The van der Waals surface area contributed by atoms with E-state index in [0.29, 0.717) is 13.0 Å². The maximum atomic E-state index is 11.9. The Balaban J connectivity index is 2.02. The first-order chi connectivity index (χ1) is 11.4. The fourth-order valence-electron chi connectivity index (χ4n) is 3.21. The molecule has 1 N–H and O–H groups in total. The molecule has 2 fully saturated rings. The van der Waals surface area contributed by atoms with Gasteiger partial charge in [-0.1, -0.05) is 40.4 Å². The van der Waals surface area contributed by atoms with Gasteiger partial charge in [-0.25, -0.2) is 4.79 Å². The fraction of sp³-hybridized carbons (Fsp3) is 0.944. The molecule has 2 rings (SSSR count). The summed E-state index contributed by atoms with van der Waals surface area (Å²) in [5.74, 6) is -0.643.